The lowest BCUT2D eigenvalue weighted by atomic mass is 9.85. The molecule has 1 aliphatic heterocycles. The van der Waals surface area contributed by atoms with Crippen LogP contribution in [0.1, 0.15) is 64.8 Å². The zero-order valence-electron chi connectivity index (χ0n) is 12.5. The van der Waals surface area contributed by atoms with Crippen molar-refractivity contribution in [2.24, 2.45) is 0 Å². The molecule has 2 N–H and O–H groups in total. The number of benzene rings is 1. The highest BCUT2D eigenvalue weighted by atomic mass is 15.3. The van der Waals surface area contributed by atoms with Crippen LogP contribution in [0.25, 0.3) is 0 Å². The van der Waals surface area contributed by atoms with Crippen LogP contribution in [0.3, 0.4) is 0 Å². The van der Waals surface area contributed by atoms with E-state index in [2.05, 4.69) is 76.4 Å². The summed E-state index contributed by atoms with van der Waals surface area (Å²) in [6, 6.07) is 8.94. The first-order valence-electron chi connectivity index (χ1n) is 6.88. The van der Waals surface area contributed by atoms with Crippen LogP contribution in [-0.4, -0.2) is 11.1 Å². The van der Waals surface area contributed by atoms with Gasteiger partial charge in [0.15, 0.2) is 0 Å². The molecule has 1 aromatic carbocycles. The smallest absolute Gasteiger partial charge is 0.0844 e. The number of hydrogen-bond donors (Lipinski definition) is 2. The summed E-state index contributed by atoms with van der Waals surface area (Å²) in [5.41, 5.74) is 2.90. The monoisotopic (exact) mass is 246 g/mol. The van der Waals surface area contributed by atoms with Gasteiger partial charge >= 0.3 is 0 Å². The van der Waals surface area contributed by atoms with Crippen molar-refractivity contribution >= 4 is 0 Å². The van der Waals surface area contributed by atoms with Crippen molar-refractivity contribution in [2.45, 2.75) is 64.7 Å². The molecule has 1 aromatic rings. The fourth-order valence-electron chi connectivity index (χ4n) is 2.36. The zero-order chi connectivity index (χ0) is 13.6. The summed E-state index contributed by atoms with van der Waals surface area (Å²) in [4.78, 5) is 0. The molecule has 1 fully saturated rings. The van der Waals surface area contributed by atoms with Gasteiger partial charge in [-0.2, -0.15) is 0 Å². The lowest BCUT2D eigenvalue weighted by Crippen LogP contribution is -2.51. The van der Waals surface area contributed by atoms with Crippen LogP contribution in [0.15, 0.2) is 24.3 Å². The van der Waals surface area contributed by atoms with Gasteiger partial charge < -0.3 is 0 Å². The molecule has 2 rings (SSSR count). The third-order valence-corrected chi connectivity index (χ3v) is 4.51. The molecule has 0 spiro atoms. The molecule has 0 saturated carbocycles. The summed E-state index contributed by atoms with van der Waals surface area (Å²) in [5.74, 6) is 0.594. The first-order chi connectivity index (χ1) is 8.23. The summed E-state index contributed by atoms with van der Waals surface area (Å²) < 4.78 is 0. The van der Waals surface area contributed by atoms with Crippen LogP contribution in [0.5, 0.6) is 0 Å². The van der Waals surface area contributed by atoms with E-state index in [1.807, 2.05) is 0 Å². The molecular formula is C16H26N2. The van der Waals surface area contributed by atoms with Crippen molar-refractivity contribution in [3.8, 4) is 0 Å². The first-order valence-corrected chi connectivity index (χ1v) is 6.88. The molecule has 0 unspecified atom stereocenters. The summed E-state index contributed by atoms with van der Waals surface area (Å²) in [6.07, 6.45) is 0.246. The fourth-order valence-corrected chi connectivity index (χ4v) is 2.36. The van der Waals surface area contributed by atoms with E-state index in [0.717, 1.165) is 0 Å². The maximum absolute atomic E-state index is 3.67. The SMILES string of the molecule is CC(C)c1ccc(C2NC(C)(C)C(C)(C)N2)cc1. The van der Waals surface area contributed by atoms with E-state index in [0.29, 0.717) is 5.92 Å². The number of hydrogen-bond acceptors (Lipinski definition) is 2. The van der Waals surface area contributed by atoms with Crippen LogP contribution >= 0.6 is 0 Å². The van der Waals surface area contributed by atoms with Gasteiger partial charge in [0, 0.05) is 11.1 Å². The molecule has 0 bridgehead atoms. The standard InChI is InChI=1S/C16H26N2/c1-11(2)12-7-9-13(10-8-12)14-17-15(3,4)16(5,6)18-14/h7-11,14,17-18H,1-6H3. The van der Waals surface area contributed by atoms with E-state index in [1.165, 1.54) is 11.1 Å². The van der Waals surface area contributed by atoms with Gasteiger partial charge in [-0.15, -0.1) is 0 Å². The maximum Gasteiger partial charge on any atom is 0.0844 e. The Kier molecular flexibility index (Phi) is 3.28. The average molecular weight is 246 g/mol. The third-order valence-electron chi connectivity index (χ3n) is 4.51. The van der Waals surface area contributed by atoms with Gasteiger partial charge in [0.2, 0.25) is 0 Å². The maximum atomic E-state index is 3.67. The molecule has 2 nitrogen and oxygen atoms in total. The fraction of sp³-hybridized carbons (Fsp3) is 0.625. The quantitative estimate of drug-likeness (QED) is 0.834. The molecule has 18 heavy (non-hydrogen) atoms. The topological polar surface area (TPSA) is 24.1 Å². The highest BCUT2D eigenvalue weighted by Crippen LogP contribution is 2.33. The van der Waals surface area contributed by atoms with Gasteiger partial charge in [0.05, 0.1) is 6.17 Å². The van der Waals surface area contributed by atoms with E-state index in [1.54, 1.807) is 0 Å². The molecule has 100 valence electrons. The largest absolute Gasteiger partial charge is 0.291 e. The minimum absolute atomic E-state index is 0.0917. The second-order valence-electron chi connectivity index (χ2n) is 6.79. The number of rotatable bonds is 2. The van der Waals surface area contributed by atoms with E-state index in [-0.39, 0.29) is 17.2 Å². The summed E-state index contributed by atoms with van der Waals surface area (Å²) in [7, 11) is 0. The Bertz CT molecular complexity index is 399. The second-order valence-corrected chi connectivity index (χ2v) is 6.79. The van der Waals surface area contributed by atoms with Crippen molar-refractivity contribution in [1.82, 2.24) is 10.6 Å². The molecule has 1 heterocycles. The Morgan fingerprint density at radius 1 is 0.889 bits per heavy atom. The van der Waals surface area contributed by atoms with Gasteiger partial charge in [-0.25, -0.2) is 0 Å². The summed E-state index contributed by atoms with van der Waals surface area (Å²) in [6.45, 7) is 13.5. The van der Waals surface area contributed by atoms with Crippen molar-refractivity contribution in [3.63, 3.8) is 0 Å². The third kappa shape index (κ3) is 2.32. The molecule has 1 aliphatic rings. The van der Waals surface area contributed by atoms with E-state index in [4.69, 9.17) is 0 Å². The van der Waals surface area contributed by atoms with E-state index >= 15 is 0 Å². The van der Waals surface area contributed by atoms with Crippen molar-refractivity contribution < 1.29 is 0 Å². The van der Waals surface area contributed by atoms with Crippen LogP contribution in [0.2, 0.25) is 0 Å². The second kappa shape index (κ2) is 4.36. The molecular weight excluding hydrogens is 220 g/mol. The summed E-state index contributed by atoms with van der Waals surface area (Å²) in [5, 5.41) is 7.35. The molecule has 0 aromatic heterocycles. The molecule has 2 heteroatoms. The van der Waals surface area contributed by atoms with Crippen LogP contribution in [0.4, 0.5) is 0 Å². The lowest BCUT2D eigenvalue weighted by Gasteiger charge is -2.33. The first kappa shape index (κ1) is 13.6. The number of nitrogens with one attached hydrogen (secondary N) is 2. The molecule has 0 radical (unpaired) electrons. The Morgan fingerprint density at radius 2 is 1.33 bits per heavy atom. The average Bonchev–Trinajstić information content (AvgIpc) is 2.48. The van der Waals surface area contributed by atoms with E-state index in [9.17, 15) is 0 Å². The predicted octanol–water partition coefficient (Wildman–Crippen LogP) is 3.56. The molecule has 0 atom stereocenters. The van der Waals surface area contributed by atoms with Crippen LogP contribution in [0, 0.1) is 0 Å². The molecule has 1 saturated heterocycles. The Morgan fingerprint density at radius 3 is 1.72 bits per heavy atom. The van der Waals surface area contributed by atoms with Crippen molar-refractivity contribution in [3.05, 3.63) is 35.4 Å². The highest BCUT2D eigenvalue weighted by Gasteiger charge is 2.45. The Hall–Kier alpha value is -0.860. The van der Waals surface area contributed by atoms with Crippen molar-refractivity contribution in [2.75, 3.05) is 0 Å². The Balaban J connectivity index is 2.19. The normalized spacial score (nSPS) is 22.6. The highest BCUT2D eigenvalue weighted by molar-refractivity contribution is 5.29. The minimum atomic E-state index is 0.0917. The van der Waals surface area contributed by atoms with Gasteiger partial charge in [-0.05, 0) is 44.7 Å². The van der Waals surface area contributed by atoms with Gasteiger partial charge in [0.25, 0.3) is 0 Å². The molecule has 0 aliphatic carbocycles. The molecule has 0 amide bonds. The van der Waals surface area contributed by atoms with Crippen molar-refractivity contribution in [1.29, 1.82) is 0 Å². The van der Waals surface area contributed by atoms with E-state index < -0.39 is 0 Å². The van der Waals surface area contributed by atoms with Crippen LogP contribution < -0.4 is 10.6 Å². The zero-order valence-corrected chi connectivity index (χ0v) is 12.5. The van der Waals surface area contributed by atoms with Gasteiger partial charge in [-0.1, -0.05) is 38.1 Å². The Labute approximate surface area is 111 Å². The predicted molar refractivity (Wildman–Crippen MR) is 77.7 cm³/mol. The lowest BCUT2D eigenvalue weighted by molar-refractivity contribution is 0.295. The summed E-state index contributed by atoms with van der Waals surface area (Å²) >= 11 is 0. The minimum Gasteiger partial charge on any atom is -0.291 e. The van der Waals surface area contributed by atoms with Gasteiger partial charge in [-0.3, -0.25) is 10.6 Å². The van der Waals surface area contributed by atoms with Gasteiger partial charge in [0.1, 0.15) is 0 Å². The van der Waals surface area contributed by atoms with Crippen LogP contribution in [-0.2, 0) is 0 Å².